The van der Waals surface area contributed by atoms with Crippen LogP contribution in [0.15, 0.2) is 0 Å². The lowest BCUT2D eigenvalue weighted by atomic mass is 9.85. The number of carbonyl (C=O) groups is 3. The van der Waals surface area contributed by atoms with Gasteiger partial charge in [0.25, 0.3) is 0 Å². The first-order chi connectivity index (χ1) is 12.0. The third-order valence-corrected chi connectivity index (χ3v) is 5.46. The molecule has 1 heterocycles. The predicted molar refractivity (Wildman–Crippen MR) is 102 cm³/mol. The molecule has 0 aromatic heterocycles. The van der Waals surface area contributed by atoms with Crippen molar-refractivity contribution in [2.45, 2.75) is 85.4 Å². The van der Waals surface area contributed by atoms with E-state index in [4.69, 9.17) is 0 Å². The number of urea groups is 1. The zero-order chi connectivity index (χ0) is 19.6. The van der Waals surface area contributed by atoms with E-state index in [1.807, 2.05) is 46.4 Å². The van der Waals surface area contributed by atoms with Gasteiger partial charge < -0.3 is 15.5 Å². The summed E-state index contributed by atoms with van der Waals surface area (Å²) in [6, 6.07) is -1.34. The highest BCUT2D eigenvalue weighted by Gasteiger charge is 2.40. The van der Waals surface area contributed by atoms with Gasteiger partial charge in [-0.2, -0.15) is 0 Å². The fraction of sp³-hybridized carbons (Fsp3) is 0.850. The van der Waals surface area contributed by atoms with Crippen molar-refractivity contribution in [1.82, 2.24) is 15.5 Å². The summed E-state index contributed by atoms with van der Waals surface area (Å²) in [5, 5.41) is 5.69. The minimum Gasteiger partial charge on any atom is -0.338 e. The molecule has 2 unspecified atom stereocenters. The second kappa shape index (κ2) is 7.97. The highest BCUT2D eigenvalue weighted by atomic mass is 16.2. The van der Waals surface area contributed by atoms with Crippen LogP contribution in [-0.2, 0) is 9.59 Å². The molecule has 1 aliphatic heterocycles. The standard InChI is InChI=1S/C20H35N3O3/c1-12(2)15(16(24)14-9-10-14)21-19(26)22-17(20(4,5)6)18(25)23-11-7-8-13(23)3/h12-15,17H,7-11H2,1-6H3,(H2,21,22,26)/t13-,15?,17?/m1/s1. The molecule has 26 heavy (non-hydrogen) atoms. The average Bonchev–Trinajstić information content (AvgIpc) is 3.29. The topological polar surface area (TPSA) is 78.5 Å². The van der Waals surface area contributed by atoms with Crippen molar-refractivity contribution >= 4 is 17.7 Å². The maximum atomic E-state index is 13.0. The Bertz CT molecular complexity index is 549. The number of nitrogens with zero attached hydrogens (tertiary/aromatic N) is 1. The molecule has 6 heteroatoms. The van der Waals surface area contributed by atoms with Gasteiger partial charge in [0.15, 0.2) is 5.78 Å². The lowest BCUT2D eigenvalue weighted by molar-refractivity contribution is -0.136. The van der Waals surface area contributed by atoms with Gasteiger partial charge in [0.05, 0.1) is 6.04 Å². The Balaban J connectivity index is 2.05. The molecular weight excluding hydrogens is 330 g/mol. The summed E-state index contributed by atoms with van der Waals surface area (Å²) in [7, 11) is 0. The van der Waals surface area contributed by atoms with E-state index in [2.05, 4.69) is 10.6 Å². The molecular formula is C20H35N3O3. The van der Waals surface area contributed by atoms with Gasteiger partial charge in [0.1, 0.15) is 6.04 Å². The number of carbonyl (C=O) groups excluding carboxylic acids is 3. The Morgan fingerprint density at radius 1 is 1.04 bits per heavy atom. The molecule has 2 rings (SSSR count). The Morgan fingerprint density at radius 2 is 1.65 bits per heavy atom. The minimum atomic E-state index is -0.619. The van der Waals surface area contributed by atoms with E-state index in [9.17, 15) is 14.4 Å². The van der Waals surface area contributed by atoms with E-state index in [-0.39, 0.29) is 29.6 Å². The molecule has 148 valence electrons. The van der Waals surface area contributed by atoms with Crippen molar-refractivity contribution in [2.24, 2.45) is 17.3 Å². The number of Topliss-reactive ketones (excluding diaryl/α,β-unsaturated/α-hetero) is 1. The smallest absolute Gasteiger partial charge is 0.316 e. The molecule has 1 saturated heterocycles. The van der Waals surface area contributed by atoms with Gasteiger partial charge in [-0.15, -0.1) is 0 Å². The summed E-state index contributed by atoms with van der Waals surface area (Å²) in [5.74, 6) is 0.193. The summed E-state index contributed by atoms with van der Waals surface area (Å²) in [6.45, 7) is 12.5. The molecule has 3 amide bonds. The quantitative estimate of drug-likeness (QED) is 0.760. The molecule has 3 atom stereocenters. The zero-order valence-electron chi connectivity index (χ0n) is 17.1. The number of hydrogen-bond donors (Lipinski definition) is 2. The number of ketones is 1. The Labute approximate surface area is 157 Å². The first kappa shape index (κ1) is 20.7. The number of likely N-dealkylation sites (tertiary alicyclic amines) is 1. The van der Waals surface area contributed by atoms with Crippen LogP contribution < -0.4 is 10.6 Å². The molecule has 6 nitrogen and oxygen atoms in total. The second-order valence-electron chi connectivity index (χ2n) is 9.34. The molecule has 0 radical (unpaired) electrons. The van der Waals surface area contributed by atoms with Crippen molar-refractivity contribution in [3.63, 3.8) is 0 Å². The molecule has 0 aromatic carbocycles. The lowest BCUT2D eigenvalue weighted by Crippen LogP contribution is -2.59. The van der Waals surface area contributed by atoms with Crippen LogP contribution in [0.2, 0.25) is 0 Å². The fourth-order valence-electron chi connectivity index (χ4n) is 3.58. The van der Waals surface area contributed by atoms with Crippen molar-refractivity contribution in [1.29, 1.82) is 0 Å². The highest BCUT2D eigenvalue weighted by molar-refractivity contribution is 5.93. The number of amides is 3. The first-order valence-electron chi connectivity index (χ1n) is 9.93. The monoisotopic (exact) mass is 365 g/mol. The number of nitrogens with one attached hydrogen (secondary N) is 2. The summed E-state index contributed by atoms with van der Waals surface area (Å²) in [4.78, 5) is 39.9. The third kappa shape index (κ3) is 4.98. The van der Waals surface area contributed by atoms with Crippen LogP contribution in [0.4, 0.5) is 4.79 Å². The highest BCUT2D eigenvalue weighted by Crippen LogP contribution is 2.32. The summed E-state index contributed by atoms with van der Waals surface area (Å²) in [5.41, 5.74) is -0.412. The van der Waals surface area contributed by atoms with Gasteiger partial charge in [-0.05, 0) is 43.9 Å². The van der Waals surface area contributed by atoms with E-state index in [1.165, 1.54) is 0 Å². The molecule has 2 N–H and O–H groups in total. The van der Waals surface area contributed by atoms with Crippen LogP contribution in [0.3, 0.4) is 0 Å². The Kier molecular flexibility index (Phi) is 6.35. The van der Waals surface area contributed by atoms with Crippen LogP contribution in [-0.4, -0.2) is 47.3 Å². The van der Waals surface area contributed by atoms with Gasteiger partial charge in [-0.3, -0.25) is 9.59 Å². The largest absolute Gasteiger partial charge is 0.338 e. The minimum absolute atomic E-state index is 0.0243. The molecule has 0 bridgehead atoms. The van der Waals surface area contributed by atoms with Gasteiger partial charge >= 0.3 is 6.03 Å². The van der Waals surface area contributed by atoms with Crippen LogP contribution >= 0.6 is 0 Å². The number of rotatable bonds is 6. The van der Waals surface area contributed by atoms with Crippen LogP contribution in [0.1, 0.15) is 67.2 Å². The summed E-state index contributed by atoms with van der Waals surface area (Å²) < 4.78 is 0. The first-order valence-corrected chi connectivity index (χ1v) is 9.93. The van der Waals surface area contributed by atoms with Crippen LogP contribution in [0, 0.1) is 17.3 Å². The second-order valence-corrected chi connectivity index (χ2v) is 9.34. The number of hydrogen-bond acceptors (Lipinski definition) is 3. The summed E-state index contributed by atoms with van der Waals surface area (Å²) >= 11 is 0. The lowest BCUT2D eigenvalue weighted by Gasteiger charge is -2.35. The molecule has 0 aromatic rings. The maximum Gasteiger partial charge on any atom is 0.316 e. The van der Waals surface area contributed by atoms with Gasteiger partial charge in [-0.1, -0.05) is 34.6 Å². The zero-order valence-corrected chi connectivity index (χ0v) is 17.1. The molecule has 1 aliphatic carbocycles. The van der Waals surface area contributed by atoms with Crippen molar-refractivity contribution in [3.05, 3.63) is 0 Å². The van der Waals surface area contributed by atoms with E-state index >= 15 is 0 Å². The third-order valence-electron chi connectivity index (χ3n) is 5.46. The Hall–Kier alpha value is -1.59. The fourth-order valence-corrected chi connectivity index (χ4v) is 3.58. The predicted octanol–water partition coefficient (Wildman–Crippen LogP) is 2.71. The normalized spacial score (nSPS) is 22.9. The van der Waals surface area contributed by atoms with Crippen LogP contribution in [0.25, 0.3) is 0 Å². The van der Waals surface area contributed by atoms with Crippen molar-refractivity contribution < 1.29 is 14.4 Å². The molecule has 2 aliphatic rings. The van der Waals surface area contributed by atoms with Crippen LogP contribution in [0.5, 0.6) is 0 Å². The van der Waals surface area contributed by atoms with Crippen molar-refractivity contribution in [2.75, 3.05) is 6.54 Å². The SMILES string of the molecule is CC(C)C(NC(=O)NC(C(=O)N1CCC[C@H]1C)C(C)(C)C)C(=O)C1CC1. The van der Waals surface area contributed by atoms with Crippen molar-refractivity contribution in [3.8, 4) is 0 Å². The van der Waals surface area contributed by atoms with E-state index in [0.29, 0.717) is 0 Å². The molecule has 1 saturated carbocycles. The Morgan fingerprint density at radius 3 is 2.08 bits per heavy atom. The average molecular weight is 366 g/mol. The van der Waals surface area contributed by atoms with Gasteiger partial charge in [0.2, 0.25) is 5.91 Å². The van der Waals surface area contributed by atoms with Gasteiger partial charge in [-0.25, -0.2) is 4.79 Å². The van der Waals surface area contributed by atoms with E-state index < -0.39 is 23.5 Å². The molecule has 0 spiro atoms. The maximum absolute atomic E-state index is 13.0. The summed E-state index contributed by atoms with van der Waals surface area (Å²) in [6.07, 6.45) is 3.84. The van der Waals surface area contributed by atoms with E-state index in [1.54, 1.807) is 0 Å². The molecule has 2 fully saturated rings. The van der Waals surface area contributed by atoms with E-state index in [0.717, 1.165) is 32.2 Å². The van der Waals surface area contributed by atoms with Gasteiger partial charge in [0, 0.05) is 18.5 Å².